The standard InChI is InChI=1S/C23H25N7O2/c1-15(2)19-13-27-30-21(19)28-22(25-12-18(32)14-31)29-23(30)26-11-16-8-9-20(24-10-16)17-6-4-3-5-7-17/h3-10,13,15,31H,11-12,14H2,1-2H3,(H2,25,26,28,29). The fourth-order valence-electron chi connectivity index (χ4n) is 3.22. The molecular weight excluding hydrogens is 406 g/mol. The van der Waals surface area contributed by atoms with E-state index in [2.05, 4.69) is 44.5 Å². The molecule has 4 rings (SSSR count). The maximum Gasteiger partial charge on any atom is 0.229 e. The number of aromatic nitrogens is 5. The Kier molecular flexibility index (Phi) is 6.37. The van der Waals surface area contributed by atoms with Gasteiger partial charge in [-0.2, -0.15) is 19.6 Å². The van der Waals surface area contributed by atoms with Gasteiger partial charge in [0.15, 0.2) is 11.4 Å². The highest BCUT2D eigenvalue weighted by Crippen LogP contribution is 2.22. The van der Waals surface area contributed by atoms with Crippen LogP contribution in [0.3, 0.4) is 0 Å². The summed E-state index contributed by atoms with van der Waals surface area (Å²) in [4.78, 5) is 25.0. The van der Waals surface area contributed by atoms with E-state index in [1.165, 1.54) is 0 Å². The largest absolute Gasteiger partial charge is 0.389 e. The van der Waals surface area contributed by atoms with E-state index in [9.17, 15) is 4.79 Å². The topological polar surface area (TPSA) is 117 Å². The van der Waals surface area contributed by atoms with Crippen molar-refractivity contribution in [3.8, 4) is 11.3 Å². The number of fused-ring (bicyclic) bond motifs is 1. The molecule has 1 aromatic carbocycles. The molecule has 0 aliphatic carbocycles. The van der Waals surface area contributed by atoms with Gasteiger partial charge >= 0.3 is 0 Å². The summed E-state index contributed by atoms with van der Waals surface area (Å²) in [5.74, 6) is 0.664. The van der Waals surface area contributed by atoms with Gasteiger partial charge in [-0.25, -0.2) is 0 Å². The Morgan fingerprint density at radius 1 is 1.06 bits per heavy atom. The van der Waals surface area contributed by atoms with Gasteiger partial charge < -0.3 is 15.7 Å². The van der Waals surface area contributed by atoms with Gasteiger partial charge in [0.05, 0.1) is 18.4 Å². The van der Waals surface area contributed by atoms with Crippen LogP contribution in [-0.4, -0.2) is 48.6 Å². The predicted octanol–water partition coefficient (Wildman–Crippen LogP) is 2.90. The minimum atomic E-state index is -0.531. The number of nitrogens with one attached hydrogen (secondary N) is 2. The molecule has 0 aliphatic heterocycles. The maximum atomic E-state index is 11.5. The molecule has 0 amide bonds. The smallest absolute Gasteiger partial charge is 0.229 e. The van der Waals surface area contributed by atoms with Gasteiger partial charge in [0.25, 0.3) is 0 Å². The van der Waals surface area contributed by atoms with Gasteiger partial charge in [-0.15, -0.1) is 0 Å². The molecule has 0 saturated heterocycles. The van der Waals surface area contributed by atoms with Gasteiger partial charge in [-0.3, -0.25) is 9.78 Å². The Hall–Kier alpha value is -3.85. The van der Waals surface area contributed by atoms with E-state index in [0.29, 0.717) is 24.1 Å². The summed E-state index contributed by atoms with van der Waals surface area (Å²) in [5.41, 5.74) is 4.59. The van der Waals surface area contributed by atoms with Crippen LogP contribution in [0.15, 0.2) is 54.9 Å². The van der Waals surface area contributed by atoms with E-state index < -0.39 is 6.61 Å². The van der Waals surface area contributed by atoms with Crippen molar-refractivity contribution < 1.29 is 9.90 Å². The number of pyridine rings is 1. The summed E-state index contributed by atoms with van der Waals surface area (Å²) in [6.45, 7) is 4.03. The molecular formula is C23H25N7O2. The number of carbonyl (C=O) groups excluding carboxylic acids is 1. The molecule has 0 spiro atoms. The van der Waals surface area contributed by atoms with Crippen molar-refractivity contribution in [2.24, 2.45) is 0 Å². The first-order chi connectivity index (χ1) is 15.5. The van der Waals surface area contributed by atoms with Crippen LogP contribution >= 0.6 is 0 Å². The first-order valence-corrected chi connectivity index (χ1v) is 10.4. The van der Waals surface area contributed by atoms with Gasteiger partial charge in [0.1, 0.15) is 6.61 Å². The number of Topliss-reactive ketones (excluding diaryl/α,β-unsaturated/α-hetero) is 1. The number of carbonyl (C=O) groups is 1. The van der Waals surface area contributed by atoms with Crippen LogP contribution in [0.2, 0.25) is 0 Å². The van der Waals surface area contributed by atoms with Crippen LogP contribution < -0.4 is 10.6 Å². The number of nitrogens with zero attached hydrogens (tertiary/aromatic N) is 5. The molecule has 0 fully saturated rings. The molecule has 0 aliphatic rings. The third-order valence-corrected chi connectivity index (χ3v) is 4.98. The molecule has 0 bridgehead atoms. The van der Waals surface area contributed by atoms with E-state index in [1.807, 2.05) is 48.7 Å². The fourth-order valence-corrected chi connectivity index (χ4v) is 3.22. The highest BCUT2D eigenvalue weighted by Gasteiger charge is 2.15. The van der Waals surface area contributed by atoms with Crippen molar-refractivity contribution in [1.29, 1.82) is 0 Å². The monoisotopic (exact) mass is 431 g/mol. The van der Waals surface area contributed by atoms with Crippen LogP contribution in [0.1, 0.15) is 30.9 Å². The van der Waals surface area contributed by atoms with Crippen molar-refractivity contribution in [1.82, 2.24) is 24.6 Å². The lowest BCUT2D eigenvalue weighted by Crippen LogP contribution is -2.19. The van der Waals surface area contributed by atoms with Crippen molar-refractivity contribution in [2.75, 3.05) is 23.8 Å². The highest BCUT2D eigenvalue weighted by atomic mass is 16.3. The number of aliphatic hydroxyl groups excluding tert-OH is 1. The Balaban J connectivity index is 1.56. The summed E-state index contributed by atoms with van der Waals surface area (Å²) >= 11 is 0. The number of benzene rings is 1. The van der Waals surface area contributed by atoms with Gasteiger partial charge in [0, 0.05) is 23.9 Å². The molecule has 3 aromatic heterocycles. The lowest BCUT2D eigenvalue weighted by Gasteiger charge is -2.11. The number of hydrogen-bond donors (Lipinski definition) is 3. The summed E-state index contributed by atoms with van der Waals surface area (Å²) in [7, 11) is 0. The molecule has 0 saturated carbocycles. The molecule has 0 unspecified atom stereocenters. The zero-order valence-electron chi connectivity index (χ0n) is 18.0. The SMILES string of the molecule is CC(C)c1cnn2c(NCc3ccc(-c4ccccc4)nc3)nc(NCC(=O)CO)nc12. The molecule has 3 N–H and O–H groups in total. The first-order valence-electron chi connectivity index (χ1n) is 10.4. The summed E-state index contributed by atoms with van der Waals surface area (Å²) in [5, 5.41) is 19.6. The predicted molar refractivity (Wildman–Crippen MR) is 122 cm³/mol. The van der Waals surface area contributed by atoms with Crippen molar-refractivity contribution in [3.63, 3.8) is 0 Å². The number of rotatable bonds is 9. The average molecular weight is 432 g/mol. The van der Waals surface area contributed by atoms with Crippen molar-refractivity contribution in [3.05, 3.63) is 66.0 Å². The molecule has 0 radical (unpaired) electrons. The van der Waals surface area contributed by atoms with Crippen molar-refractivity contribution >= 4 is 23.3 Å². The minimum absolute atomic E-state index is 0.0534. The van der Waals surface area contributed by atoms with Gasteiger partial charge in [0.2, 0.25) is 11.9 Å². The molecule has 3 heterocycles. The Morgan fingerprint density at radius 3 is 2.56 bits per heavy atom. The Bertz CT molecular complexity index is 1200. The summed E-state index contributed by atoms with van der Waals surface area (Å²) in [6, 6.07) is 14.0. The van der Waals surface area contributed by atoms with E-state index in [-0.39, 0.29) is 18.2 Å². The van der Waals surface area contributed by atoms with Crippen LogP contribution in [-0.2, 0) is 11.3 Å². The van der Waals surface area contributed by atoms with Crippen molar-refractivity contribution in [2.45, 2.75) is 26.3 Å². The number of aliphatic hydroxyl groups is 1. The Labute approximate surface area is 185 Å². The average Bonchev–Trinajstić information content (AvgIpc) is 3.26. The van der Waals surface area contributed by atoms with E-state index in [0.717, 1.165) is 22.4 Å². The van der Waals surface area contributed by atoms with Gasteiger partial charge in [-0.05, 0) is 17.5 Å². The number of hydrogen-bond acceptors (Lipinski definition) is 8. The third-order valence-electron chi connectivity index (χ3n) is 4.98. The summed E-state index contributed by atoms with van der Waals surface area (Å²) in [6.07, 6.45) is 3.61. The van der Waals surface area contributed by atoms with Crippen LogP contribution in [0.25, 0.3) is 16.9 Å². The lowest BCUT2D eigenvalue weighted by atomic mass is 10.1. The van der Waals surface area contributed by atoms with E-state index in [4.69, 9.17) is 5.11 Å². The maximum absolute atomic E-state index is 11.5. The molecule has 32 heavy (non-hydrogen) atoms. The molecule has 4 aromatic rings. The van der Waals surface area contributed by atoms with E-state index in [1.54, 1.807) is 10.7 Å². The van der Waals surface area contributed by atoms with Crippen LogP contribution in [0, 0.1) is 0 Å². The second-order valence-corrected chi connectivity index (χ2v) is 7.68. The number of anilines is 2. The fraction of sp³-hybridized carbons (Fsp3) is 0.261. The number of ketones is 1. The second kappa shape index (κ2) is 9.52. The summed E-state index contributed by atoms with van der Waals surface area (Å²) < 4.78 is 1.65. The minimum Gasteiger partial charge on any atom is -0.389 e. The first kappa shape index (κ1) is 21.4. The second-order valence-electron chi connectivity index (χ2n) is 7.68. The lowest BCUT2D eigenvalue weighted by molar-refractivity contribution is -0.120. The molecule has 9 heteroatoms. The highest BCUT2D eigenvalue weighted by molar-refractivity contribution is 5.83. The zero-order valence-corrected chi connectivity index (χ0v) is 18.0. The van der Waals surface area contributed by atoms with Crippen LogP contribution in [0.4, 0.5) is 11.9 Å². The van der Waals surface area contributed by atoms with E-state index >= 15 is 0 Å². The van der Waals surface area contributed by atoms with Crippen LogP contribution in [0.5, 0.6) is 0 Å². The zero-order chi connectivity index (χ0) is 22.5. The quantitative estimate of drug-likeness (QED) is 0.370. The van der Waals surface area contributed by atoms with Gasteiger partial charge in [-0.1, -0.05) is 50.2 Å². The third kappa shape index (κ3) is 4.73. The Morgan fingerprint density at radius 2 is 1.88 bits per heavy atom. The normalized spacial score (nSPS) is 11.1. The molecule has 0 atom stereocenters. The molecule has 164 valence electrons. The molecule has 9 nitrogen and oxygen atoms in total.